The fourth-order valence-electron chi connectivity index (χ4n) is 1.77. The first-order chi connectivity index (χ1) is 10.4. The number of ether oxygens (including phenoxy) is 1. The Kier molecular flexibility index (Phi) is 4.98. The van der Waals surface area contributed by atoms with E-state index < -0.39 is 23.6 Å². The summed E-state index contributed by atoms with van der Waals surface area (Å²) in [6.45, 7) is 3.34. The molecule has 0 aromatic heterocycles. The second kappa shape index (κ2) is 6.75. The van der Waals surface area contributed by atoms with Gasteiger partial charge in [-0.15, -0.1) is 0 Å². The number of rotatable bonds is 4. The number of nitrogens with one attached hydrogen (secondary N) is 1. The zero-order valence-corrected chi connectivity index (χ0v) is 12.7. The third kappa shape index (κ3) is 3.95. The van der Waals surface area contributed by atoms with Crippen molar-refractivity contribution in [1.82, 2.24) is 0 Å². The number of anilines is 1. The minimum Gasteiger partial charge on any atom is -0.481 e. The van der Waals surface area contributed by atoms with Crippen LogP contribution in [0.15, 0.2) is 36.4 Å². The highest BCUT2D eigenvalue weighted by molar-refractivity contribution is 6.31. The van der Waals surface area contributed by atoms with Gasteiger partial charge in [0.15, 0.2) is 6.10 Å². The molecule has 0 fully saturated rings. The van der Waals surface area contributed by atoms with Gasteiger partial charge in [0, 0.05) is 11.1 Å². The van der Waals surface area contributed by atoms with Crippen LogP contribution < -0.4 is 10.1 Å². The number of hydrogen-bond donors (Lipinski definition) is 1. The maximum absolute atomic E-state index is 13.5. The Balaban J connectivity index is 2.04. The summed E-state index contributed by atoms with van der Waals surface area (Å²) < 4.78 is 31.8. The van der Waals surface area contributed by atoms with Crippen LogP contribution in [0, 0.1) is 18.6 Å². The van der Waals surface area contributed by atoms with E-state index in [2.05, 4.69) is 5.32 Å². The molecule has 1 amide bonds. The Labute approximate surface area is 131 Å². The molecule has 1 atom stereocenters. The molecule has 2 aromatic rings. The molecular formula is C16H14ClF2NO2. The van der Waals surface area contributed by atoms with Crippen molar-refractivity contribution in [2.45, 2.75) is 20.0 Å². The predicted octanol–water partition coefficient (Wildman–Crippen LogP) is 4.33. The number of carbonyl (C=O) groups excluding carboxylic acids is 1. The maximum atomic E-state index is 13.5. The minimum absolute atomic E-state index is 0.103. The van der Waals surface area contributed by atoms with Crippen LogP contribution in [0.25, 0.3) is 0 Å². The third-order valence-corrected chi connectivity index (χ3v) is 3.42. The quantitative estimate of drug-likeness (QED) is 0.908. The van der Waals surface area contributed by atoms with Gasteiger partial charge in [-0.25, -0.2) is 8.78 Å². The lowest BCUT2D eigenvalue weighted by atomic mass is 10.2. The maximum Gasteiger partial charge on any atom is 0.265 e. The van der Waals surface area contributed by atoms with E-state index in [1.54, 1.807) is 18.2 Å². The molecule has 22 heavy (non-hydrogen) atoms. The molecule has 0 bridgehead atoms. The van der Waals surface area contributed by atoms with Crippen molar-refractivity contribution in [3.8, 4) is 5.75 Å². The molecule has 1 unspecified atom stereocenters. The number of halogens is 3. The Morgan fingerprint density at radius 1 is 1.23 bits per heavy atom. The highest BCUT2D eigenvalue weighted by Gasteiger charge is 2.17. The largest absolute Gasteiger partial charge is 0.481 e. The average molecular weight is 326 g/mol. The number of hydrogen-bond acceptors (Lipinski definition) is 2. The summed E-state index contributed by atoms with van der Waals surface area (Å²) in [4.78, 5) is 12.0. The smallest absolute Gasteiger partial charge is 0.265 e. The molecule has 0 spiro atoms. The molecule has 0 aliphatic carbocycles. The minimum atomic E-state index is -0.856. The van der Waals surface area contributed by atoms with Crippen LogP contribution in [0.1, 0.15) is 12.5 Å². The van der Waals surface area contributed by atoms with Crippen molar-refractivity contribution >= 4 is 23.2 Å². The summed E-state index contributed by atoms with van der Waals surface area (Å²) in [5.41, 5.74) is 0.713. The summed E-state index contributed by atoms with van der Waals surface area (Å²) in [7, 11) is 0. The normalized spacial score (nSPS) is 11.9. The van der Waals surface area contributed by atoms with E-state index in [1.807, 2.05) is 6.92 Å². The third-order valence-electron chi connectivity index (χ3n) is 3.00. The number of aryl methyl sites for hydroxylation is 1. The van der Waals surface area contributed by atoms with Crippen molar-refractivity contribution < 1.29 is 18.3 Å². The average Bonchev–Trinajstić information content (AvgIpc) is 2.45. The van der Waals surface area contributed by atoms with E-state index in [-0.39, 0.29) is 5.69 Å². The zero-order chi connectivity index (χ0) is 16.3. The molecular weight excluding hydrogens is 312 g/mol. The Hall–Kier alpha value is -2.14. The predicted molar refractivity (Wildman–Crippen MR) is 81.3 cm³/mol. The van der Waals surface area contributed by atoms with Crippen molar-refractivity contribution in [3.63, 3.8) is 0 Å². The van der Waals surface area contributed by atoms with E-state index in [1.165, 1.54) is 6.92 Å². The molecule has 2 aromatic carbocycles. The SMILES string of the molecule is Cc1cc(OC(C)C(=O)Nc2ccc(F)cc2F)ccc1Cl. The first-order valence-electron chi connectivity index (χ1n) is 6.55. The van der Waals surface area contributed by atoms with Crippen LogP contribution in [-0.4, -0.2) is 12.0 Å². The van der Waals surface area contributed by atoms with Gasteiger partial charge in [0.1, 0.15) is 17.4 Å². The van der Waals surface area contributed by atoms with E-state index in [0.717, 1.165) is 17.7 Å². The molecule has 3 nitrogen and oxygen atoms in total. The lowest BCUT2D eigenvalue weighted by molar-refractivity contribution is -0.122. The van der Waals surface area contributed by atoms with Gasteiger partial charge in [0.05, 0.1) is 5.69 Å². The molecule has 116 valence electrons. The molecule has 0 aliphatic heterocycles. The molecule has 1 N–H and O–H groups in total. The van der Waals surface area contributed by atoms with Gasteiger partial charge in [-0.2, -0.15) is 0 Å². The topological polar surface area (TPSA) is 38.3 Å². The fourth-order valence-corrected chi connectivity index (χ4v) is 1.89. The Morgan fingerprint density at radius 3 is 2.59 bits per heavy atom. The van der Waals surface area contributed by atoms with E-state index >= 15 is 0 Å². The van der Waals surface area contributed by atoms with E-state index in [4.69, 9.17) is 16.3 Å². The first kappa shape index (κ1) is 16.2. The summed E-state index contributed by atoms with van der Waals surface area (Å²) >= 11 is 5.91. The molecule has 0 heterocycles. The standard InChI is InChI=1S/C16H14ClF2NO2/c1-9-7-12(4-5-13(9)17)22-10(2)16(21)20-15-6-3-11(18)8-14(15)19/h3-8,10H,1-2H3,(H,20,21). The van der Waals surface area contributed by atoms with Crippen molar-refractivity contribution in [2.24, 2.45) is 0 Å². The second-order valence-electron chi connectivity index (χ2n) is 4.78. The number of amides is 1. The zero-order valence-electron chi connectivity index (χ0n) is 12.0. The summed E-state index contributed by atoms with van der Waals surface area (Å²) in [5, 5.41) is 2.95. The van der Waals surface area contributed by atoms with Crippen LogP contribution in [-0.2, 0) is 4.79 Å². The molecule has 0 aliphatic rings. The molecule has 6 heteroatoms. The monoisotopic (exact) mass is 325 g/mol. The highest BCUT2D eigenvalue weighted by atomic mass is 35.5. The van der Waals surface area contributed by atoms with Gasteiger partial charge in [0.25, 0.3) is 5.91 Å². The number of benzene rings is 2. The van der Waals surface area contributed by atoms with Gasteiger partial charge in [0.2, 0.25) is 0 Å². The van der Waals surface area contributed by atoms with Crippen molar-refractivity contribution in [2.75, 3.05) is 5.32 Å². The van der Waals surface area contributed by atoms with Crippen LogP contribution in [0.4, 0.5) is 14.5 Å². The van der Waals surface area contributed by atoms with Crippen LogP contribution >= 0.6 is 11.6 Å². The summed E-state index contributed by atoms with van der Waals surface area (Å²) in [5.74, 6) is -1.62. The summed E-state index contributed by atoms with van der Waals surface area (Å²) in [6.07, 6.45) is -0.856. The van der Waals surface area contributed by atoms with Gasteiger partial charge in [-0.05, 0) is 49.7 Å². The molecule has 2 rings (SSSR count). The van der Waals surface area contributed by atoms with Crippen LogP contribution in [0.5, 0.6) is 5.75 Å². The van der Waals surface area contributed by atoms with Crippen LogP contribution in [0.3, 0.4) is 0 Å². The first-order valence-corrected chi connectivity index (χ1v) is 6.93. The fraction of sp³-hybridized carbons (Fsp3) is 0.188. The van der Waals surface area contributed by atoms with Gasteiger partial charge in [-0.3, -0.25) is 4.79 Å². The van der Waals surface area contributed by atoms with Gasteiger partial charge >= 0.3 is 0 Å². The van der Waals surface area contributed by atoms with Crippen molar-refractivity contribution in [3.05, 3.63) is 58.6 Å². The second-order valence-corrected chi connectivity index (χ2v) is 5.19. The van der Waals surface area contributed by atoms with E-state index in [9.17, 15) is 13.6 Å². The molecule has 0 saturated heterocycles. The Morgan fingerprint density at radius 2 is 1.95 bits per heavy atom. The molecule has 0 saturated carbocycles. The van der Waals surface area contributed by atoms with Crippen molar-refractivity contribution in [1.29, 1.82) is 0 Å². The lowest BCUT2D eigenvalue weighted by Crippen LogP contribution is -2.30. The van der Waals surface area contributed by atoms with Gasteiger partial charge < -0.3 is 10.1 Å². The van der Waals surface area contributed by atoms with E-state index in [0.29, 0.717) is 16.8 Å². The summed E-state index contributed by atoms with van der Waals surface area (Å²) in [6, 6.07) is 7.91. The highest BCUT2D eigenvalue weighted by Crippen LogP contribution is 2.22. The number of carbonyl (C=O) groups is 1. The molecule has 0 radical (unpaired) electrons. The van der Waals surface area contributed by atoms with Gasteiger partial charge in [-0.1, -0.05) is 11.6 Å². The van der Waals surface area contributed by atoms with Crippen LogP contribution in [0.2, 0.25) is 5.02 Å². The lowest BCUT2D eigenvalue weighted by Gasteiger charge is -2.15. The Bertz CT molecular complexity index is 707.